The SMILES string of the molecule is Cc1ccc(S(=O)(=O)N2CCOCC2)cc1NC(=O)CCCNC(=O)c1ccsc1. The van der Waals surface area contributed by atoms with Crippen molar-refractivity contribution in [3.8, 4) is 0 Å². The van der Waals surface area contributed by atoms with Crippen LogP contribution in [0, 0.1) is 6.92 Å². The molecule has 3 rings (SSSR count). The second-order valence-electron chi connectivity index (χ2n) is 6.91. The van der Waals surface area contributed by atoms with E-state index in [-0.39, 0.29) is 23.1 Å². The van der Waals surface area contributed by atoms with Crippen molar-refractivity contribution in [1.82, 2.24) is 9.62 Å². The van der Waals surface area contributed by atoms with E-state index in [0.29, 0.717) is 50.5 Å². The molecule has 0 unspecified atom stereocenters. The molecular formula is C20H25N3O5S2. The van der Waals surface area contributed by atoms with Gasteiger partial charge < -0.3 is 15.4 Å². The summed E-state index contributed by atoms with van der Waals surface area (Å²) in [5, 5.41) is 9.16. The Balaban J connectivity index is 1.54. The van der Waals surface area contributed by atoms with E-state index in [1.54, 1.807) is 23.6 Å². The van der Waals surface area contributed by atoms with Gasteiger partial charge in [-0.1, -0.05) is 6.07 Å². The second kappa shape index (κ2) is 10.2. The number of hydrogen-bond donors (Lipinski definition) is 2. The average molecular weight is 452 g/mol. The number of hydrogen-bond acceptors (Lipinski definition) is 6. The number of thiophene rings is 1. The van der Waals surface area contributed by atoms with E-state index in [1.807, 2.05) is 12.3 Å². The predicted molar refractivity (Wildman–Crippen MR) is 115 cm³/mol. The molecule has 0 saturated carbocycles. The topological polar surface area (TPSA) is 105 Å². The Morgan fingerprint density at radius 2 is 1.97 bits per heavy atom. The number of morpholine rings is 1. The van der Waals surface area contributed by atoms with Gasteiger partial charge >= 0.3 is 0 Å². The maximum atomic E-state index is 12.8. The molecule has 1 aliphatic heterocycles. The van der Waals surface area contributed by atoms with Gasteiger partial charge in [0.25, 0.3) is 5.91 Å². The van der Waals surface area contributed by atoms with Gasteiger partial charge in [-0.3, -0.25) is 9.59 Å². The van der Waals surface area contributed by atoms with Gasteiger partial charge in [0.1, 0.15) is 0 Å². The summed E-state index contributed by atoms with van der Waals surface area (Å²) in [6.45, 7) is 3.56. The van der Waals surface area contributed by atoms with Gasteiger partial charge in [0.15, 0.2) is 0 Å². The summed E-state index contributed by atoms with van der Waals surface area (Å²) < 4.78 is 32.3. The largest absolute Gasteiger partial charge is 0.379 e. The summed E-state index contributed by atoms with van der Waals surface area (Å²) in [5.74, 6) is -0.391. The highest BCUT2D eigenvalue weighted by atomic mass is 32.2. The van der Waals surface area contributed by atoms with E-state index < -0.39 is 10.0 Å². The van der Waals surface area contributed by atoms with Crippen LogP contribution in [0.2, 0.25) is 0 Å². The van der Waals surface area contributed by atoms with Gasteiger partial charge in [-0.2, -0.15) is 15.6 Å². The number of aryl methyl sites for hydroxylation is 1. The molecule has 2 N–H and O–H groups in total. The van der Waals surface area contributed by atoms with Crippen molar-refractivity contribution in [3.05, 3.63) is 46.2 Å². The van der Waals surface area contributed by atoms with Crippen LogP contribution < -0.4 is 10.6 Å². The third-order valence-corrected chi connectivity index (χ3v) is 7.32. The first-order chi connectivity index (χ1) is 14.4. The summed E-state index contributed by atoms with van der Waals surface area (Å²) in [5.41, 5.74) is 1.85. The Morgan fingerprint density at radius 3 is 2.67 bits per heavy atom. The van der Waals surface area contributed by atoms with Crippen molar-refractivity contribution < 1.29 is 22.7 Å². The zero-order valence-electron chi connectivity index (χ0n) is 16.7. The summed E-state index contributed by atoms with van der Waals surface area (Å²) in [4.78, 5) is 24.3. The Labute approximate surface area is 180 Å². The highest BCUT2D eigenvalue weighted by Gasteiger charge is 2.26. The van der Waals surface area contributed by atoms with Crippen LogP contribution in [0.1, 0.15) is 28.8 Å². The summed E-state index contributed by atoms with van der Waals surface area (Å²) >= 11 is 1.45. The van der Waals surface area contributed by atoms with E-state index >= 15 is 0 Å². The van der Waals surface area contributed by atoms with Crippen LogP contribution in [0.15, 0.2) is 39.9 Å². The molecule has 1 saturated heterocycles. The van der Waals surface area contributed by atoms with Crippen molar-refractivity contribution in [2.75, 3.05) is 38.2 Å². The number of sulfonamides is 1. The molecule has 0 atom stereocenters. The monoisotopic (exact) mass is 451 g/mol. The minimum Gasteiger partial charge on any atom is -0.379 e. The first kappa shape index (κ1) is 22.4. The van der Waals surface area contributed by atoms with Crippen LogP contribution in [0.25, 0.3) is 0 Å². The van der Waals surface area contributed by atoms with Crippen molar-refractivity contribution in [2.24, 2.45) is 0 Å². The maximum absolute atomic E-state index is 12.8. The van der Waals surface area contributed by atoms with Gasteiger partial charge in [0.2, 0.25) is 15.9 Å². The molecule has 2 amide bonds. The standard InChI is InChI=1S/C20H25N3O5S2/c1-15-4-5-17(30(26,27)23-8-10-28-11-9-23)13-18(15)22-19(24)3-2-7-21-20(25)16-6-12-29-14-16/h4-6,12-14H,2-3,7-11H2,1H3,(H,21,25)(H,22,24). The third kappa shape index (κ3) is 5.66. The molecule has 1 aliphatic rings. The number of nitrogens with zero attached hydrogens (tertiary/aromatic N) is 1. The molecule has 1 aromatic heterocycles. The fourth-order valence-electron chi connectivity index (χ4n) is 2.99. The zero-order valence-corrected chi connectivity index (χ0v) is 18.4. The van der Waals surface area contributed by atoms with E-state index in [4.69, 9.17) is 4.74 Å². The molecule has 2 aromatic rings. The molecule has 1 fully saturated rings. The summed E-state index contributed by atoms with van der Waals surface area (Å²) in [6.07, 6.45) is 0.691. The van der Waals surface area contributed by atoms with E-state index in [2.05, 4.69) is 10.6 Å². The smallest absolute Gasteiger partial charge is 0.252 e. The van der Waals surface area contributed by atoms with Gasteiger partial charge in [0, 0.05) is 42.7 Å². The molecule has 162 valence electrons. The minimum atomic E-state index is -3.63. The van der Waals surface area contributed by atoms with Crippen molar-refractivity contribution in [1.29, 1.82) is 0 Å². The van der Waals surface area contributed by atoms with Crippen LogP contribution in [0.3, 0.4) is 0 Å². The molecule has 0 spiro atoms. The predicted octanol–water partition coefficient (Wildman–Crippen LogP) is 2.23. The Kier molecular flexibility index (Phi) is 7.59. The van der Waals surface area contributed by atoms with Crippen LogP contribution in [0.4, 0.5) is 5.69 Å². The lowest BCUT2D eigenvalue weighted by molar-refractivity contribution is -0.116. The van der Waals surface area contributed by atoms with Gasteiger partial charge in [-0.25, -0.2) is 8.42 Å². The fraction of sp³-hybridized carbons (Fsp3) is 0.400. The van der Waals surface area contributed by atoms with Crippen LogP contribution in [0.5, 0.6) is 0 Å². The van der Waals surface area contributed by atoms with Crippen LogP contribution in [-0.4, -0.2) is 57.4 Å². The number of carbonyl (C=O) groups excluding carboxylic acids is 2. The molecule has 8 nitrogen and oxygen atoms in total. The third-order valence-electron chi connectivity index (χ3n) is 4.74. The molecular weight excluding hydrogens is 426 g/mol. The summed E-state index contributed by atoms with van der Waals surface area (Å²) in [6, 6.07) is 6.48. The van der Waals surface area contributed by atoms with Gasteiger partial charge in [-0.05, 0) is 42.5 Å². The zero-order chi connectivity index (χ0) is 21.6. The molecule has 1 aromatic carbocycles. The van der Waals surface area contributed by atoms with Crippen molar-refractivity contribution in [2.45, 2.75) is 24.7 Å². The molecule has 30 heavy (non-hydrogen) atoms. The Hall–Kier alpha value is -2.27. The Bertz CT molecular complexity index is 984. The van der Waals surface area contributed by atoms with Crippen LogP contribution >= 0.6 is 11.3 Å². The number of nitrogens with one attached hydrogen (secondary N) is 2. The molecule has 0 aliphatic carbocycles. The van der Waals surface area contributed by atoms with E-state index in [0.717, 1.165) is 5.56 Å². The first-order valence-electron chi connectivity index (χ1n) is 9.67. The van der Waals surface area contributed by atoms with Crippen molar-refractivity contribution in [3.63, 3.8) is 0 Å². The second-order valence-corrected chi connectivity index (χ2v) is 9.63. The van der Waals surface area contributed by atoms with Crippen molar-refractivity contribution >= 4 is 38.9 Å². The highest BCUT2D eigenvalue weighted by Crippen LogP contribution is 2.24. The number of amides is 2. The summed E-state index contributed by atoms with van der Waals surface area (Å²) in [7, 11) is -3.63. The van der Waals surface area contributed by atoms with Gasteiger partial charge in [-0.15, -0.1) is 0 Å². The fourth-order valence-corrected chi connectivity index (χ4v) is 5.06. The van der Waals surface area contributed by atoms with Gasteiger partial charge in [0.05, 0.1) is 18.1 Å². The molecule has 2 heterocycles. The lowest BCUT2D eigenvalue weighted by Crippen LogP contribution is -2.40. The number of benzene rings is 1. The number of anilines is 1. The maximum Gasteiger partial charge on any atom is 0.252 e. The normalized spacial score (nSPS) is 15.0. The number of carbonyl (C=O) groups is 2. The number of ether oxygens (including phenoxy) is 1. The Morgan fingerprint density at radius 1 is 1.20 bits per heavy atom. The highest BCUT2D eigenvalue weighted by molar-refractivity contribution is 7.89. The quantitative estimate of drug-likeness (QED) is 0.599. The molecule has 0 bridgehead atoms. The lowest BCUT2D eigenvalue weighted by Gasteiger charge is -2.26. The van der Waals surface area contributed by atoms with E-state index in [9.17, 15) is 18.0 Å². The minimum absolute atomic E-state index is 0.147. The number of rotatable bonds is 8. The first-order valence-corrected chi connectivity index (χ1v) is 12.0. The lowest BCUT2D eigenvalue weighted by atomic mass is 10.2. The molecule has 0 radical (unpaired) electrons. The molecule has 10 heteroatoms. The van der Waals surface area contributed by atoms with Crippen LogP contribution in [-0.2, 0) is 19.6 Å². The van der Waals surface area contributed by atoms with E-state index in [1.165, 1.54) is 21.7 Å². The average Bonchev–Trinajstić information content (AvgIpc) is 3.28.